The molecule has 112 valence electrons. The van der Waals surface area contributed by atoms with Crippen molar-refractivity contribution in [1.29, 1.82) is 0 Å². The van der Waals surface area contributed by atoms with Gasteiger partial charge in [0.15, 0.2) is 5.16 Å². The smallest absolute Gasteiger partial charge is 0.230 e. The van der Waals surface area contributed by atoms with Crippen LogP contribution in [0.2, 0.25) is 0 Å². The molecule has 1 aromatic rings. The number of aromatic nitrogens is 2. The number of carbonyl (C=O) groups is 1. The molecule has 0 bridgehead atoms. The lowest BCUT2D eigenvalue weighted by molar-refractivity contribution is -0.119. The number of hydrogen-bond donors (Lipinski definition) is 1. The first-order valence-electron chi connectivity index (χ1n) is 7.37. The van der Waals surface area contributed by atoms with E-state index in [-0.39, 0.29) is 11.9 Å². The van der Waals surface area contributed by atoms with Crippen molar-refractivity contribution in [3.8, 4) is 0 Å². The molecule has 0 aliphatic heterocycles. The van der Waals surface area contributed by atoms with E-state index >= 15 is 0 Å². The van der Waals surface area contributed by atoms with E-state index in [1.807, 2.05) is 13.8 Å². The zero-order valence-corrected chi connectivity index (χ0v) is 13.9. The second-order valence-corrected chi connectivity index (χ2v) is 7.00. The van der Waals surface area contributed by atoms with Gasteiger partial charge in [-0.2, -0.15) is 0 Å². The molecule has 1 heterocycles. The molecule has 1 fully saturated rings. The Morgan fingerprint density at radius 3 is 2.60 bits per heavy atom. The van der Waals surface area contributed by atoms with Gasteiger partial charge in [0.25, 0.3) is 0 Å². The summed E-state index contributed by atoms with van der Waals surface area (Å²) in [6, 6.07) is 0.825. The number of nitrogens with zero attached hydrogens (tertiary/aromatic N) is 2. The second kappa shape index (κ2) is 6.20. The van der Waals surface area contributed by atoms with Gasteiger partial charge in [-0.1, -0.05) is 25.6 Å². The Morgan fingerprint density at radius 2 is 2.05 bits per heavy atom. The fourth-order valence-corrected chi connectivity index (χ4v) is 3.02. The summed E-state index contributed by atoms with van der Waals surface area (Å²) < 4.78 is 2.30. The molecule has 1 aromatic heterocycles. The highest BCUT2D eigenvalue weighted by molar-refractivity contribution is 7.99. The van der Waals surface area contributed by atoms with E-state index in [2.05, 4.69) is 35.6 Å². The lowest BCUT2D eigenvalue weighted by Gasteiger charge is -2.17. The average Bonchev–Trinajstić information content (AvgIpc) is 3.15. The monoisotopic (exact) mass is 295 g/mol. The molecule has 0 saturated heterocycles. The maximum Gasteiger partial charge on any atom is 0.230 e. The zero-order chi connectivity index (χ0) is 14.9. The van der Waals surface area contributed by atoms with Gasteiger partial charge in [0, 0.05) is 17.8 Å². The summed E-state index contributed by atoms with van der Waals surface area (Å²) >= 11 is 1.55. The topological polar surface area (TPSA) is 46.9 Å². The number of hydrogen-bond acceptors (Lipinski definition) is 3. The first-order chi connectivity index (χ1) is 9.40. The van der Waals surface area contributed by atoms with Crippen LogP contribution in [0, 0.1) is 19.8 Å². The lowest BCUT2D eigenvalue weighted by atomic mass is 10.1. The van der Waals surface area contributed by atoms with Gasteiger partial charge in [0.1, 0.15) is 0 Å². The zero-order valence-electron chi connectivity index (χ0n) is 13.1. The lowest BCUT2D eigenvalue weighted by Crippen LogP contribution is -2.37. The SMILES string of the molecule is Cc1nc(SCC(=O)N[C@@H](C)C(C)C)n(C2CC2)c1C. The summed E-state index contributed by atoms with van der Waals surface area (Å²) in [7, 11) is 0. The van der Waals surface area contributed by atoms with Gasteiger partial charge < -0.3 is 9.88 Å². The van der Waals surface area contributed by atoms with Gasteiger partial charge in [-0.15, -0.1) is 0 Å². The molecular formula is C15H25N3OS. The molecule has 20 heavy (non-hydrogen) atoms. The van der Waals surface area contributed by atoms with Crippen LogP contribution in [0.1, 0.15) is 51.0 Å². The molecule has 1 amide bonds. The van der Waals surface area contributed by atoms with Crippen molar-refractivity contribution < 1.29 is 4.79 Å². The van der Waals surface area contributed by atoms with E-state index in [9.17, 15) is 4.79 Å². The predicted octanol–water partition coefficient (Wildman–Crippen LogP) is 3.09. The Balaban J connectivity index is 1.94. The molecule has 1 N–H and O–H groups in total. The maximum atomic E-state index is 12.0. The van der Waals surface area contributed by atoms with Crippen molar-refractivity contribution in [3.05, 3.63) is 11.4 Å². The average molecular weight is 295 g/mol. The van der Waals surface area contributed by atoms with Crippen LogP contribution in [-0.4, -0.2) is 27.3 Å². The van der Waals surface area contributed by atoms with Crippen molar-refractivity contribution in [3.63, 3.8) is 0 Å². The Labute approximate surface area is 125 Å². The predicted molar refractivity (Wildman–Crippen MR) is 83.1 cm³/mol. The van der Waals surface area contributed by atoms with Crippen LogP contribution in [0.3, 0.4) is 0 Å². The molecule has 0 radical (unpaired) electrons. The third kappa shape index (κ3) is 3.57. The first kappa shape index (κ1) is 15.4. The molecule has 0 aromatic carbocycles. The van der Waals surface area contributed by atoms with Crippen molar-refractivity contribution in [2.75, 3.05) is 5.75 Å². The van der Waals surface area contributed by atoms with Gasteiger partial charge in [0.2, 0.25) is 5.91 Å². The van der Waals surface area contributed by atoms with Crippen LogP contribution in [0.4, 0.5) is 0 Å². The van der Waals surface area contributed by atoms with Gasteiger partial charge in [0.05, 0.1) is 11.4 Å². The quantitative estimate of drug-likeness (QED) is 0.820. The summed E-state index contributed by atoms with van der Waals surface area (Å²) in [5.74, 6) is 0.999. The summed E-state index contributed by atoms with van der Waals surface area (Å²) in [6.07, 6.45) is 2.47. The fourth-order valence-electron chi connectivity index (χ4n) is 2.05. The second-order valence-electron chi connectivity index (χ2n) is 6.06. The number of nitrogens with one attached hydrogen (secondary N) is 1. The third-order valence-corrected chi connectivity index (χ3v) is 4.94. The Kier molecular flexibility index (Phi) is 4.78. The normalized spacial score (nSPS) is 16.5. The van der Waals surface area contributed by atoms with E-state index in [1.165, 1.54) is 18.5 Å². The molecule has 1 aliphatic carbocycles. The van der Waals surface area contributed by atoms with Crippen LogP contribution < -0.4 is 5.32 Å². The van der Waals surface area contributed by atoms with Crippen LogP contribution in [0.25, 0.3) is 0 Å². The molecule has 4 nitrogen and oxygen atoms in total. The van der Waals surface area contributed by atoms with Crippen molar-refractivity contribution in [2.45, 2.75) is 64.7 Å². The van der Waals surface area contributed by atoms with E-state index in [4.69, 9.17) is 0 Å². The number of imidazole rings is 1. The summed E-state index contributed by atoms with van der Waals surface area (Å²) in [5.41, 5.74) is 2.32. The molecule has 2 rings (SSSR count). The number of rotatable bonds is 6. The van der Waals surface area contributed by atoms with Gasteiger partial charge >= 0.3 is 0 Å². The number of thioether (sulfide) groups is 1. The minimum atomic E-state index is 0.0943. The standard InChI is InChI=1S/C15H25N3OS/c1-9(2)10(3)16-14(19)8-20-15-17-11(4)12(5)18(15)13-6-7-13/h9-10,13H,6-8H2,1-5H3,(H,16,19)/t10-/m0/s1. The highest BCUT2D eigenvalue weighted by Gasteiger charge is 2.28. The van der Waals surface area contributed by atoms with Crippen LogP contribution >= 0.6 is 11.8 Å². The van der Waals surface area contributed by atoms with Crippen LogP contribution in [0.15, 0.2) is 5.16 Å². The molecule has 5 heteroatoms. The minimum Gasteiger partial charge on any atom is -0.353 e. The number of carbonyl (C=O) groups excluding carboxylic acids is 1. The molecule has 1 aliphatic rings. The van der Waals surface area contributed by atoms with Crippen molar-refractivity contribution in [2.24, 2.45) is 5.92 Å². The number of aryl methyl sites for hydroxylation is 1. The minimum absolute atomic E-state index is 0.0943. The highest BCUT2D eigenvalue weighted by atomic mass is 32.2. The van der Waals surface area contributed by atoms with Gasteiger partial charge in [-0.05, 0) is 39.5 Å². The van der Waals surface area contributed by atoms with Crippen LogP contribution in [-0.2, 0) is 4.79 Å². The molecule has 0 unspecified atom stereocenters. The molecule has 1 atom stereocenters. The Hall–Kier alpha value is -0.970. The number of amides is 1. The summed E-state index contributed by atoms with van der Waals surface area (Å²) in [5, 5.41) is 4.03. The summed E-state index contributed by atoms with van der Waals surface area (Å²) in [6.45, 7) is 10.4. The van der Waals surface area contributed by atoms with E-state index < -0.39 is 0 Å². The van der Waals surface area contributed by atoms with E-state index in [0.29, 0.717) is 17.7 Å². The van der Waals surface area contributed by atoms with Crippen molar-refractivity contribution >= 4 is 17.7 Å². The Morgan fingerprint density at radius 1 is 1.40 bits per heavy atom. The van der Waals surface area contributed by atoms with E-state index in [0.717, 1.165) is 10.9 Å². The molecular weight excluding hydrogens is 270 g/mol. The molecule has 1 saturated carbocycles. The van der Waals surface area contributed by atoms with Crippen molar-refractivity contribution in [1.82, 2.24) is 14.9 Å². The largest absolute Gasteiger partial charge is 0.353 e. The van der Waals surface area contributed by atoms with Crippen LogP contribution in [0.5, 0.6) is 0 Å². The van der Waals surface area contributed by atoms with Gasteiger partial charge in [-0.3, -0.25) is 4.79 Å². The highest BCUT2D eigenvalue weighted by Crippen LogP contribution is 2.39. The summed E-state index contributed by atoms with van der Waals surface area (Å²) in [4.78, 5) is 16.6. The third-order valence-electron chi connectivity index (χ3n) is 3.99. The van der Waals surface area contributed by atoms with Gasteiger partial charge in [-0.25, -0.2) is 4.98 Å². The molecule has 0 spiro atoms. The van der Waals surface area contributed by atoms with E-state index in [1.54, 1.807) is 11.8 Å². The first-order valence-corrected chi connectivity index (χ1v) is 8.36. The Bertz CT molecular complexity index is 492. The maximum absolute atomic E-state index is 12.0. The fraction of sp³-hybridized carbons (Fsp3) is 0.733.